The lowest BCUT2D eigenvalue weighted by molar-refractivity contribution is -0.384. The maximum Gasteiger partial charge on any atom is 0.417 e. The van der Waals surface area contributed by atoms with Crippen LogP contribution in [0.4, 0.5) is 30.4 Å². The van der Waals surface area contributed by atoms with Crippen LogP contribution < -0.4 is 14.8 Å². The molecular formula is C18H14F3N3O4. The maximum atomic E-state index is 13.6. The summed E-state index contributed by atoms with van der Waals surface area (Å²) >= 11 is 0. The molecule has 1 aromatic heterocycles. The van der Waals surface area contributed by atoms with Gasteiger partial charge in [0.15, 0.2) is 0 Å². The van der Waals surface area contributed by atoms with Crippen molar-refractivity contribution in [3.8, 4) is 11.5 Å². The van der Waals surface area contributed by atoms with Gasteiger partial charge in [0, 0.05) is 11.5 Å². The molecule has 0 aliphatic heterocycles. The zero-order valence-corrected chi connectivity index (χ0v) is 14.7. The van der Waals surface area contributed by atoms with Crippen molar-refractivity contribution < 1.29 is 27.6 Å². The monoisotopic (exact) mass is 393 g/mol. The number of nitrogens with one attached hydrogen (secondary N) is 1. The van der Waals surface area contributed by atoms with E-state index in [0.29, 0.717) is 0 Å². The Kier molecular flexibility index (Phi) is 4.95. The first kappa shape index (κ1) is 19.2. The van der Waals surface area contributed by atoms with E-state index in [0.717, 1.165) is 6.07 Å². The van der Waals surface area contributed by atoms with Crippen molar-refractivity contribution in [3.63, 3.8) is 0 Å². The molecule has 0 saturated heterocycles. The molecule has 2 aromatic carbocycles. The van der Waals surface area contributed by atoms with E-state index in [2.05, 4.69) is 10.3 Å². The van der Waals surface area contributed by atoms with E-state index >= 15 is 0 Å². The van der Waals surface area contributed by atoms with Gasteiger partial charge in [-0.2, -0.15) is 13.2 Å². The van der Waals surface area contributed by atoms with Crippen molar-refractivity contribution in [3.05, 3.63) is 58.1 Å². The Morgan fingerprint density at radius 3 is 2.43 bits per heavy atom. The Labute approximate surface area is 156 Å². The van der Waals surface area contributed by atoms with E-state index in [-0.39, 0.29) is 39.6 Å². The van der Waals surface area contributed by atoms with Crippen LogP contribution in [0.5, 0.6) is 11.5 Å². The molecule has 146 valence electrons. The molecule has 0 radical (unpaired) electrons. The van der Waals surface area contributed by atoms with E-state index < -0.39 is 16.7 Å². The third-order valence-corrected chi connectivity index (χ3v) is 3.98. The van der Waals surface area contributed by atoms with Gasteiger partial charge in [0.1, 0.15) is 17.3 Å². The number of rotatable bonds is 5. The average Bonchev–Trinajstić information content (AvgIpc) is 2.66. The number of pyridine rings is 1. The van der Waals surface area contributed by atoms with Gasteiger partial charge in [0.25, 0.3) is 5.69 Å². The second-order valence-corrected chi connectivity index (χ2v) is 5.70. The molecule has 7 nitrogen and oxygen atoms in total. The first-order chi connectivity index (χ1) is 13.2. The van der Waals surface area contributed by atoms with Crippen LogP contribution in [0, 0.1) is 10.1 Å². The van der Waals surface area contributed by atoms with Gasteiger partial charge in [-0.15, -0.1) is 0 Å². The summed E-state index contributed by atoms with van der Waals surface area (Å²) in [5.41, 5.74) is -0.752. The normalized spacial score (nSPS) is 11.3. The van der Waals surface area contributed by atoms with E-state index in [1.54, 1.807) is 0 Å². The predicted octanol–water partition coefficient (Wildman–Crippen LogP) is 4.92. The summed E-state index contributed by atoms with van der Waals surface area (Å²) in [4.78, 5) is 14.5. The number of nitro groups is 1. The number of nitrogens with zero attached hydrogens (tertiary/aromatic N) is 2. The molecule has 1 N–H and O–H groups in total. The van der Waals surface area contributed by atoms with Crippen molar-refractivity contribution in [1.82, 2.24) is 4.98 Å². The molecule has 1 heterocycles. The molecule has 3 aromatic rings. The second-order valence-electron chi connectivity index (χ2n) is 5.70. The van der Waals surface area contributed by atoms with Crippen molar-refractivity contribution in [2.75, 3.05) is 19.5 Å². The number of hydrogen-bond donors (Lipinski definition) is 1. The van der Waals surface area contributed by atoms with Crippen LogP contribution in [0.25, 0.3) is 10.9 Å². The lowest BCUT2D eigenvalue weighted by Crippen LogP contribution is -2.08. The SMILES string of the molecule is COc1ccc2nc(Nc3ccc([N+](=O)[O-])cc3OC)cc(C(F)(F)F)c2c1. The third-order valence-electron chi connectivity index (χ3n) is 3.98. The molecule has 3 rings (SSSR count). The summed E-state index contributed by atoms with van der Waals surface area (Å²) in [6, 6.07) is 8.77. The van der Waals surface area contributed by atoms with Crippen LogP contribution in [-0.4, -0.2) is 24.1 Å². The summed E-state index contributed by atoms with van der Waals surface area (Å²) in [6.07, 6.45) is -4.62. The number of ether oxygens (including phenoxy) is 2. The summed E-state index contributed by atoms with van der Waals surface area (Å²) < 4.78 is 50.8. The topological polar surface area (TPSA) is 86.5 Å². The standard InChI is InChI=1S/C18H14F3N3O4/c1-27-11-4-6-14-12(8-11)13(18(19,20)21)9-17(22-14)23-15-5-3-10(24(25)26)7-16(15)28-2/h3-9H,1-2H3,(H,22,23). The molecule has 0 spiro atoms. The third kappa shape index (κ3) is 3.75. The Morgan fingerprint density at radius 2 is 1.82 bits per heavy atom. The summed E-state index contributed by atoms with van der Waals surface area (Å²) in [7, 11) is 2.66. The van der Waals surface area contributed by atoms with Gasteiger partial charge in [-0.25, -0.2) is 4.98 Å². The van der Waals surface area contributed by atoms with Crippen LogP contribution in [0.1, 0.15) is 5.56 Å². The van der Waals surface area contributed by atoms with Crippen LogP contribution in [0.3, 0.4) is 0 Å². The van der Waals surface area contributed by atoms with E-state index in [4.69, 9.17) is 9.47 Å². The Balaban J connectivity index is 2.10. The minimum atomic E-state index is -4.62. The zero-order chi connectivity index (χ0) is 20.5. The lowest BCUT2D eigenvalue weighted by Gasteiger charge is -2.15. The number of nitro benzene ring substituents is 1. The van der Waals surface area contributed by atoms with Crippen LogP contribution in [0.2, 0.25) is 0 Å². The fourth-order valence-electron chi connectivity index (χ4n) is 2.67. The Hall–Kier alpha value is -3.56. The smallest absolute Gasteiger partial charge is 0.417 e. The first-order valence-electron chi connectivity index (χ1n) is 7.88. The fraction of sp³-hybridized carbons (Fsp3) is 0.167. The number of alkyl halides is 3. The molecule has 0 unspecified atom stereocenters. The molecular weight excluding hydrogens is 379 g/mol. The number of halogens is 3. The molecule has 0 aliphatic carbocycles. The number of fused-ring (bicyclic) bond motifs is 1. The molecule has 0 aliphatic rings. The van der Waals surface area contributed by atoms with Crippen molar-refractivity contribution in [2.45, 2.75) is 6.18 Å². The van der Waals surface area contributed by atoms with Gasteiger partial charge in [-0.05, 0) is 30.3 Å². The molecule has 0 saturated carbocycles. The molecule has 0 bridgehead atoms. The average molecular weight is 393 g/mol. The number of aromatic nitrogens is 1. The highest BCUT2D eigenvalue weighted by atomic mass is 19.4. The van der Waals surface area contributed by atoms with Crippen LogP contribution in [0.15, 0.2) is 42.5 Å². The van der Waals surface area contributed by atoms with Gasteiger partial charge < -0.3 is 14.8 Å². The van der Waals surface area contributed by atoms with Gasteiger partial charge in [-0.3, -0.25) is 10.1 Å². The number of methoxy groups -OCH3 is 2. The van der Waals surface area contributed by atoms with Gasteiger partial charge in [-0.1, -0.05) is 0 Å². The minimum Gasteiger partial charge on any atom is -0.497 e. The van der Waals surface area contributed by atoms with Crippen molar-refractivity contribution >= 4 is 28.1 Å². The highest BCUT2D eigenvalue weighted by Gasteiger charge is 2.33. The fourth-order valence-corrected chi connectivity index (χ4v) is 2.67. The summed E-state index contributed by atoms with van der Waals surface area (Å²) in [6.45, 7) is 0. The molecule has 10 heteroatoms. The number of benzene rings is 2. The first-order valence-corrected chi connectivity index (χ1v) is 7.88. The molecule has 0 fully saturated rings. The zero-order valence-electron chi connectivity index (χ0n) is 14.7. The predicted molar refractivity (Wildman–Crippen MR) is 96.2 cm³/mol. The quantitative estimate of drug-likeness (QED) is 0.489. The molecule has 0 amide bonds. The number of hydrogen-bond acceptors (Lipinski definition) is 6. The van der Waals surface area contributed by atoms with E-state index in [1.165, 1.54) is 50.6 Å². The molecule has 0 atom stereocenters. The highest BCUT2D eigenvalue weighted by Crippen LogP contribution is 2.38. The number of non-ortho nitro benzene ring substituents is 1. The Bertz CT molecular complexity index is 1050. The van der Waals surface area contributed by atoms with Crippen LogP contribution >= 0.6 is 0 Å². The van der Waals surface area contributed by atoms with Gasteiger partial charge >= 0.3 is 6.18 Å². The van der Waals surface area contributed by atoms with Gasteiger partial charge in [0.2, 0.25) is 0 Å². The van der Waals surface area contributed by atoms with Crippen LogP contribution in [-0.2, 0) is 6.18 Å². The largest absolute Gasteiger partial charge is 0.497 e. The summed E-state index contributed by atoms with van der Waals surface area (Å²) in [5, 5.41) is 13.5. The maximum absolute atomic E-state index is 13.6. The summed E-state index contributed by atoms with van der Waals surface area (Å²) in [5.74, 6) is 0.286. The second kappa shape index (κ2) is 7.22. The van der Waals surface area contributed by atoms with Crippen molar-refractivity contribution in [1.29, 1.82) is 0 Å². The number of anilines is 2. The van der Waals surface area contributed by atoms with E-state index in [1.807, 2.05) is 0 Å². The minimum absolute atomic E-state index is 0.0860. The lowest BCUT2D eigenvalue weighted by atomic mass is 10.1. The van der Waals surface area contributed by atoms with Crippen molar-refractivity contribution in [2.24, 2.45) is 0 Å². The Morgan fingerprint density at radius 1 is 1.07 bits per heavy atom. The van der Waals surface area contributed by atoms with Gasteiger partial charge in [0.05, 0.1) is 42.0 Å². The molecule has 28 heavy (non-hydrogen) atoms. The van der Waals surface area contributed by atoms with E-state index in [9.17, 15) is 23.3 Å². The highest BCUT2D eigenvalue weighted by molar-refractivity contribution is 5.86.